The monoisotopic (exact) mass is 330 g/mol. The summed E-state index contributed by atoms with van der Waals surface area (Å²) in [4.78, 5) is 8.88. The third-order valence-electron chi connectivity index (χ3n) is 2.91. The first-order valence-electron chi connectivity index (χ1n) is 5.86. The molecule has 0 fully saturated rings. The summed E-state index contributed by atoms with van der Waals surface area (Å²) in [7, 11) is 0. The Morgan fingerprint density at radius 1 is 1.11 bits per heavy atom. The molecule has 0 bridgehead atoms. The van der Waals surface area contributed by atoms with Crippen LogP contribution in [0.15, 0.2) is 52.6 Å². The second kappa shape index (κ2) is 5.23. The normalized spacial score (nSPS) is 10.6. The van der Waals surface area contributed by atoms with Crippen LogP contribution in [0.2, 0.25) is 0 Å². The Hall–Kier alpha value is -1.52. The van der Waals surface area contributed by atoms with Crippen molar-refractivity contribution in [2.45, 2.75) is 6.92 Å². The van der Waals surface area contributed by atoms with E-state index in [4.69, 9.17) is 4.98 Å². The molecule has 2 nitrogen and oxygen atoms in total. The van der Waals surface area contributed by atoms with Gasteiger partial charge in [0, 0.05) is 33.4 Å². The van der Waals surface area contributed by atoms with Crippen LogP contribution in [0, 0.1) is 6.92 Å². The van der Waals surface area contributed by atoms with Crippen molar-refractivity contribution in [2.75, 3.05) is 0 Å². The molecule has 3 rings (SSSR count). The zero-order valence-corrected chi connectivity index (χ0v) is 12.7. The Kier molecular flexibility index (Phi) is 3.44. The average molecular weight is 331 g/mol. The molecule has 2 heterocycles. The van der Waals surface area contributed by atoms with E-state index in [1.54, 1.807) is 11.3 Å². The Morgan fingerprint density at radius 3 is 2.63 bits per heavy atom. The number of hydrogen-bond donors (Lipinski definition) is 0. The first-order valence-corrected chi connectivity index (χ1v) is 7.54. The van der Waals surface area contributed by atoms with Crippen molar-refractivity contribution in [1.82, 2.24) is 9.97 Å². The molecule has 0 unspecified atom stereocenters. The fourth-order valence-electron chi connectivity index (χ4n) is 1.84. The molecular formula is C15H11BrN2S. The van der Waals surface area contributed by atoms with Gasteiger partial charge in [0.05, 0.1) is 5.69 Å². The third kappa shape index (κ3) is 2.60. The van der Waals surface area contributed by atoms with Crippen molar-refractivity contribution in [3.05, 3.63) is 58.1 Å². The standard InChI is InChI=1S/C15H11BrN2S/c1-10-6-7-17-8-13(10)15-18-14(9-19-15)11-2-4-12(16)5-3-11/h2-9H,1H3. The molecule has 0 radical (unpaired) electrons. The Morgan fingerprint density at radius 2 is 1.89 bits per heavy atom. The third-order valence-corrected chi connectivity index (χ3v) is 4.32. The molecule has 0 aliphatic heterocycles. The van der Waals surface area contributed by atoms with Gasteiger partial charge in [-0.05, 0) is 30.7 Å². The summed E-state index contributed by atoms with van der Waals surface area (Å²) >= 11 is 5.10. The Bertz CT molecular complexity index is 704. The summed E-state index contributed by atoms with van der Waals surface area (Å²) in [6.07, 6.45) is 3.68. The van der Waals surface area contributed by atoms with Crippen molar-refractivity contribution in [3.63, 3.8) is 0 Å². The van der Waals surface area contributed by atoms with Crippen LogP contribution in [0.3, 0.4) is 0 Å². The van der Waals surface area contributed by atoms with Crippen LogP contribution < -0.4 is 0 Å². The van der Waals surface area contributed by atoms with Gasteiger partial charge in [0.25, 0.3) is 0 Å². The van der Waals surface area contributed by atoms with E-state index in [9.17, 15) is 0 Å². The minimum absolute atomic E-state index is 1.01. The highest BCUT2D eigenvalue weighted by Crippen LogP contribution is 2.30. The van der Waals surface area contributed by atoms with Crippen molar-refractivity contribution in [1.29, 1.82) is 0 Å². The first-order chi connectivity index (χ1) is 9.24. The molecule has 3 aromatic rings. The largest absolute Gasteiger partial charge is 0.264 e. The topological polar surface area (TPSA) is 25.8 Å². The van der Waals surface area contributed by atoms with Gasteiger partial charge in [-0.25, -0.2) is 4.98 Å². The smallest absolute Gasteiger partial charge is 0.125 e. The number of pyridine rings is 1. The molecule has 0 aliphatic carbocycles. The quantitative estimate of drug-likeness (QED) is 0.664. The molecule has 0 spiro atoms. The summed E-state index contributed by atoms with van der Waals surface area (Å²) in [5, 5.41) is 3.11. The van der Waals surface area contributed by atoms with Gasteiger partial charge < -0.3 is 0 Å². The van der Waals surface area contributed by atoms with Gasteiger partial charge in [0.15, 0.2) is 0 Å². The Labute approximate surface area is 124 Å². The van der Waals surface area contributed by atoms with Crippen molar-refractivity contribution >= 4 is 27.3 Å². The number of benzene rings is 1. The fourth-order valence-corrected chi connectivity index (χ4v) is 3.01. The van der Waals surface area contributed by atoms with Crippen LogP contribution in [0.25, 0.3) is 21.8 Å². The number of thiazole rings is 1. The Balaban J connectivity index is 2.00. The van der Waals surface area contributed by atoms with Crippen LogP contribution in [-0.4, -0.2) is 9.97 Å². The van der Waals surface area contributed by atoms with Crippen molar-refractivity contribution in [2.24, 2.45) is 0 Å². The molecule has 94 valence electrons. The number of nitrogens with zero attached hydrogens (tertiary/aromatic N) is 2. The molecular weight excluding hydrogens is 320 g/mol. The molecule has 0 aliphatic rings. The average Bonchev–Trinajstić information content (AvgIpc) is 2.89. The van der Waals surface area contributed by atoms with Crippen LogP contribution in [0.5, 0.6) is 0 Å². The van der Waals surface area contributed by atoms with Crippen molar-refractivity contribution in [3.8, 4) is 21.8 Å². The molecule has 0 amide bonds. The number of rotatable bonds is 2. The van der Waals surface area contributed by atoms with Crippen molar-refractivity contribution < 1.29 is 0 Å². The second-order valence-electron chi connectivity index (χ2n) is 4.24. The number of aryl methyl sites for hydroxylation is 1. The maximum atomic E-state index is 4.70. The van der Waals surface area contributed by atoms with Crippen LogP contribution in [0.4, 0.5) is 0 Å². The van der Waals surface area contributed by atoms with Crippen LogP contribution >= 0.6 is 27.3 Å². The van der Waals surface area contributed by atoms with E-state index in [2.05, 4.69) is 45.4 Å². The van der Waals surface area contributed by atoms with Gasteiger partial charge in [-0.2, -0.15) is 0 Å². The lowest BCUT2D eigenvalue weighted by molar-refractivity contribution is 1.27. The number of aromatic nitrogens is 2. The zero-order chi connectivity index (χ0) is 13.2. The van der Waals surface area contributed by atoms with E-state index in [1.165, 1.54) is 5.56 Å². The SMILES string of the molecule is Cc1ccncc1-c1nc(-c2ccc(Br)cc2)cs1. The van der Waals surface area contributed by atoms with E-state index >= 15 is 0 Å². The van der Waals surface area contributed by atoms with E-state index in [0.29, 0.717) is 0 Å². The van der Waals surface area contributed by atoms with Gasteiger partial charge in [-0.15, -0.1) is 11.3 Å². The lowest BCUT2D eigenvalue weighted by Crippen LogP contribution is -1.84. The molecule has 19 heavy (non-hydrogen) atoms. The highest BCUT2D eigenvalue weighted by Gasteiger charge is 2.08. The van der Waals surface area contributed by atoms with E-state index in [-0.39, 0.29) is 0 Å². The predicted molar refractivity (Wildman–Crippen MR) is 83.2 cm³/mol. The highest BCUT2D eigenvalue weighted by molar-refractivity contribution is 9.10. The molecule has 0 saturated heterocycles. The van der Waals surface area contributed by atoms with Gasteiger partial charge in [0.2, 0.25) is 0 Å². The first kappa shape index (κ1) is 12.5. The molecule has 2 aromatic heterocycles. The summed E-state index contributed by atoms with van der Waals surface area (Å²) in [5.41, 5.74) is 4.45. The predicted octanol–water partition coefficient (Wildman–Crippen LogP) is 4.94. The molecule has 0 N–H and O–H groups in total. The minimum Gasteiger partial charge on any atom is -0.264 e. The van der Waals surface area contributed by atoms with Gasteiger partial charge in [-0.1, -0.05) is 28.1 Å². The maximum absolute atomic E-state index is 4.70. The van der Waals surface area contributed by atoms with Gasteiger partial charge in [0.1, 0.15) is 5.01 Å². The van der Waals surface area contributed by atoms with Crippen LogP contribution in [0.1, 0.15) is 5.56 Å². The lowest BCUT2D eigenvalue weighted by atomic mass is 10.1. The summed E-state index contributed by atoms with van der Waals surface area (Å²) in [6, 6.07) is 10.2. The molecule has 1 aromatic carbocycles. The number of halogens is 1. The van der Waals surface area contributed by atoms with E-state index in [0.717, 1.165) is 26.3 Å². The highest BCUT2D eigenvalue weighted by atomic mass is 79.9. The lowest BCUT2D eigenvalue weighted by Gasteiger charge is -2.00. The van der Waals surface area contributed by atoms with Gasteiger partial charge in [-0.3, -0.25) is 4.98 Å². The number of hydrogen-bond acceptors (Lipinski definition) is 3. The maximum Gasteiger partial charge on any atom is 0.125 e. The van der Waals surface area contributed by atoms with E-state index in [1.807, 2.05) is 30.6 Å². The summed E-state index contributed by atoms with van der Waals surface area (Å²) in [5.74, 6) is 0. The zero-order valence-electron chi connectivity index (χ0n) is 10.3. The van der Waals surface area contributed by atoms with Crippen LogP contribution in [-0.2, 0) is 0 Å². The molecule has 4 heteroatoms. The summed E-state index contributed by atoms with van der Waals surface area (Å²) in [6.45, 7) is 2.08. The second-order valence-corrected chi connectivity index (χ2v) is 6.01. The van der Waals surface area contributed by atoms with E-state index < -0.39 is 0 Å². The van der Waals surface area contributed by atoms with Gasteiger partial charge >= 0.3 is 0 Å². The minimum atomic E-state index is 1.01. The molecule has 0 atom stereocenters. The fraction of sp³-hybridized carbons (Fsp3) is 0.0667. The molecule has 0 saturated carbocycles. The summed E-state index contributed by atoms with van der Waals surface area (Å²) < 4.78 is 1.08.